The number of nitrogens with zero attached hydrogens (tertiary/aromatic N) is 4. The van der Waals surface area contributed by atoms with E-state index in [1.807, 2.05) is 0 Å². The van der Waals surface area contributed by atoms with Gasteiger partial charge in [0.15, 0.2) is 0 Å². The van der Waals surface area contributed by atoms with Crippen LogP contribution in [0.3, 0.4) is 0 Å². The first-order valence-electron chi connectivity index (χ1n) is 5.20. The maximum absolute atomic E-state index is 11.6. The molecule has 1 amide bonds. The molecule has 1 saturated heterocycles. The Kier molecular flexibility index (Phi) is 2.74. The van der Waals surface area contributed by atoms with E-state index in [1.54, 1.807) is 13.8 Å². The number of rotatable bonds is 2. The Morgan fingerprint density at radius 2 is 2.06 bits per heavy atom. The summed E-state index contributed by atoms with van der Waals surface area (Å²) in [6, 6.07) is 0. The maximum Gasteiger partial charge on any atom is 0.308 e. The standard InChI is InChI=1S/C10H12N4O3/c1-5-6(2)12-13-10(11-5)14-4-7(9(16)17)3-8(14)15/h7H,3-4H2,1-2H3,(H,16,17). The van der Waals surface area contributed by atoms with Crippen LogP contribution in [0.2, 0.25) is 0 Å². The Morgan fingerprint density at radius 1 is 1.35 bits per heavy atom. The zero-order valence-electron chi connectivity index (χ0n) is 9.54. The van der Waals surface area contributed by atoms with Crippen LogP contribution in [0.25, 0.3) is 0 Å². The van der Waals surface area contributed by atoms with Gasteiger partial charge in [0.25, 0.3) is 5.95 Å². The number of hydrogen-bond acceptors (Lipinski definition) is 5. The molecule has 1 aliphatic heterocycles. The van der Waals surface area contributed by atoms with Crippen LogP contribution < -0.4 is 4.90 Å². The van der Waals surface area contributed by atoms with Gasteiger partial charge in [-0.2, -0.15) is 5.10 Å². The molecule has 7 heteroatoms. The summed E-state index contributed by atoms with van der Waals surface area (Å²) >= 11 is 0. The minimum absolute atomic E-state index is 0.00832. The van der Waals surface area contributed by atoms with Crippen molar-refractivity contribution in [2.75, 3.05) is 11.4 Å². The van der Waals surface area contributed by atoms with Crippen molar-refractivity contribution in [3.8, 4) is 0 Å². The fraction of sp³-hybridized carbons (Fsp3) is 0.500. The minimum Gasteiger partial charge on any atom is -0.481 e. The number of aliphatic carboxylic acids is 1. The highest BCUT2D eigenvalue weighted by atomic mass is 16.4. The highest BCUT2D eigenvalue weighted by Gasteiger charge is 2.36. The lowest BCUT2D eigenvalue weighted by atomic mass is 10.1. The summed E-state index contributed by atoms with van der Waals surface area (Å²) in [4.78, 5) is 27.9. The molecular formula is C10H12N4O3. The van der Waals surface area contributed by atoms with Crippen molar-refractivity contribution < 1.29 is 14.7 Å². The normalized spacial score (nSPS) is 19.8. The van der Waals surface area contributed by atoms with E-state index < -0.39 is 11.9 Å². The van der Waals surface area contributed by atoms with Gasteiger partial charge in [0.05, 0.1) is 17.3 Å². The molecule has 0 radical (unpaired) electrons. The second-order valence-electron chi connectivity index (χ2n) is 4.03. The smallest absolute Gasteiger partial charge is 0.308 e. The van der Waals surface area contributed by atoms with Crippen molar-refractivity contribution in [3.05, 3.63) is 11.4 Å². The number of carboxylic acid groups (broad SMARTS) is 1. The number of anilines is 1. The SMILES string of the molecule is Cc1nnc(N2CC(C(=O)O)CC2=O)nc1C. The van der Waals surface area contributed by atoms with Crippen molar-refractivity contribution >= 4 is 17.8 Å². The molecule has 2 heterocycles. The van der Waals surface area contributed by atoms with Crippen molar-refractivity contribution in [1.82, 2.24) is 15.2 Å². The van der Waals surface area contributed by atoms with E-state index in [1.165, 1.54) is 4.90 Å². The summed E-state index contributed by atoms with van der Waals surface area (Å²) in [7, 11) is 0. The summed E-state index contributed by atoms with van der Waals surface area (Å²) in [5.41, 5.74) is 1.37. The predicted octanol–water partition coefficient (Wildman–Crippen LogP) is -0.0741. The van der Waals surface area contributed by atoms with Crippen LogP contribution in [0.5, 0.6) is 0 Å². The molecule has 0 spiro atoms. The van der Waals surface area contributed by atoms with Crippen LogP contribution in [0.4, 0.5) is 5.95 Å². The van der Waals surface area contributed by atoms with E-state index >= 15 is 0 Å². The number of carbonyl (C=O) groups excluding carboxylic acids is 1. The third-order valence-corrected chi connectivity index (χ3v) is 2.80. The second kappa shape index (κ2) is 4.08. The van der Waals surface area contributed by atoms with Crippen LogP contribution in [-0.2, 0) is 9.59 Å². The number of hydrogen-bond donors (Lipinski definition) is 1. The molecule has 1 aromatic rings. The summed E-state index contributed by atoms with van der Waals surface area (Å²) < 4.78 is 0. The highest BCUT2D eigenvalue weighted by Crippen LogP contribution is 2.22. The molecule has 1 fully saturated rings. The first-order chi connectivity index (χ1) is 7.99. The Bertz CT molecular complexity index is 488. The quantitative estimate of drug-likeness (QED) is 0.771. The molecule has 0 saturated carbocycles. The fourth-order valence-electron chi connectivity index (χ4n) is 1.63. The lowest BCUT2D eigenvalue weighted by molar-refractivity contribution is -0.141. The largest absolute Gasteiger partial charge is 0.481 e. The number of aryl methyl sites for hydroxylation is 2. The number of amides is 1. The molecule has 0 bridgehead atoms. The van der Waals surface area contributed by atoms with E-state index in [0.717, 1.165) is 0 Å². The average molecular weight is 236 g/mol. The van der Waals surface area contributed by atoms with E-state index in [4.69, 9.17) is 5.11 Å². The van der Waals surface area contributed by atoms with E-state index in [9.17, 15) is 9.59 Å². The minimum atomic E-state index is -0.974. The van der Waals surface area contributed by atoms with Gasteiger partial charge in [0.2, 0.25) is 5.91 Å². The van der Waals surface area contributed by atoms with Crippen molar-refractivity contribution in [3.63, 3.8) is 0 Å². The third kappa shape index (κ3) is 2.08. The van der Waals surface area contributed by atoms with Gasteiger partial charge in [-0.15, -0.1) is 5.10 Å². The Hall–Kier alpha value is -2.05. The molecule has 7 nitrogen and oxygen atoms in total. The summed E-state index contributed by atoms with van der Waals surface area (Å²) in [6.45, 7) is 3.64. The van der Waals surface area contributed by atoms with E-state index in [2.05, 4.69) is 15.2 Å². The maximum atomic E-state index is 11.6. The van der Waals surface area contributed by atoms with Gasteiger partial charge < -0.3 is 5.11 Å². The van der Waals surface area contributed by atoms with Gasteiger partial charge in [-0.05, 0) is 13.8 Å². The van der Waals surface area contributed by atoms with Gasteiger partial charge in [-0.3, -0.25) is 14.5 Å². The molecule has 1 unspecified atom stereocenters. The van der Waals surface area contributed by atoms with Crippen LogP contribution in [-0.4, -0.2) is 38.7 Å². The molecule has 1 aliphatic rings. The number of carbonyl (C=O) groups is 2. The zero-order valence-corrected chi connectivity index (χ0v) is 9.54. The van der Waals surface area contributed by atoms with Gasteiger partial charge in [0.1, 0.15) is 0 Å². The first kappa shape index (κ1) is 11.4. The average Bonchev–Trinajstić information content (AvgIpc) is 2.65. The summed E-state index contributed by atoms with van der Waals surface area (Å²) in [5.74, 6) is -1.75. The number of aromatic nitrogens is 3. The van der Waals surface area contributed by atoms with Crippen molar-refractivity contribution in [2.24, 2.45) is 5.92 Å². The Balaban J connectivity index is 2.26. The first-order valence-corrected chi connectivity index (χ1v) is 5.20. The van der Waals surface area contributed by atoms with E-state index in [-0.39, 0.29) is 24.8 Å². The van der Waals surface area contributed by atoms with Crippen LogP contribution in [0.15, 0.2) is 0 Å². The fourth-order valence-corrected chi connectivity index (χ4v) is 1.63. The van der Waals surface area contributed by atoms with Crippen LogP contribution >= 0.6 is 0 Å². The van der Waals surface area contributed by atoms with Crippen LogP contribution in [0, 0.1) is 19.8 Å². The summed E-state index contributed by atoms with van der Waals surface area (Å²) in [6.07, 6.45) is -0.00832. The van der Waals surface area contributed by atoms with Crippen LogP contribution in [0.1, 0.15) is 17.8 Å². The molecule has 0 aliphatic carbocycles. The van der Waals surface area contributed by atoms with E-state index in [0.29, 0.717) is 11.4 Å². The Morgan fingerprint density at radius 3 is 2.59 bits per heavy atom. The molecular weight excluding hydrogens is 224 g/mol. The van der Waals surface area contributed by atoms with Gasteiger partial charge >= 0.3 is 5.97 Å². The van der Waals surface area contributed by atoms with Gasteiger partial charge in [-0.25, -0.2) is 4.98 Å². The Labute approximate surface area is 97.5 Å². The molecule has 0 aromatic carbocycles. The highest BCUT2D eigenvalue weighted by molar-refractivity contribution is 5.97. The molecule has 1 atom stereocenters. The van der Waals surface area contributed by atoms with Crippen molar-refractivity contribution in [1.29, 1.82) is 0 Å². The monoisotopic (exact) mass is 236 g/mol. The summed E-state index contributed by atoms with van der Waals surface area (Å²) in [5, 5.41) is 16.5. The molecule has 17 heavy (non-hydrogen) atoms. The lowest BCUT2D eigenvalue weighted by Gasteiger charge is -2.13. The third-order valence-electron chi connectivity index (χ3n) is 2.80. The van der Waals surface area contributed by atoms with Gasteiger partial charge in [-0.1, -0.05) is 0 Å². The lowest BCUT2D eigenvalue weighted by Crippen LogP contribution is -2.28. The molecule has 1 aromatic heterocycles. The molecule has 2 rings (SSSR count). The zero-order chi connectivity index (χ0) is 12.6. The van der Waals surface area contributed by atoms with Gasteiger partial charge in [0, 0.05) is 13.0 Å². The number of carboxylic acids is 1. The molecule has 90 valence electrons. The van der Waals surface area contributed by atoms with Crippen molar-refractivity contribution in [2.45, 2.75) is 20.3 Å². The second-order valence-corrected chi connectivity index (χ2v) is 4.03. The molecule has 1 N–H and O–H groups in total. The predicted molar refractivity (Wildman–Crippen MR) is 57.4 cm³/mol. The topological polar surface area (TPSA) is 96.3 Å².